The summed E-state index contributed by atoms with van der Waals surface area (Å²) < 4.78 is 5.46. The number of hydrogen-bond acceptors (Lipinski definition) is 1. The minimum Gasteiger partial charge on any atom is -0.494 e. The molecule has 0 saturated carbocycles. The van der Waals surface area contributed by atoms with E-state index in [1.807, 2.05) is 6.92 Å². The molecule has 0 bridgehead atoms. The number of allylic oxidation sites excluding steroid dienone is 5. The molecule has 12 heavy (non-hydrogen) atoms. The monoisotopic (exact) mass is 164 g/mol. The first kappa shape index (κ1) is 9.11. The van der Waals surface area contributed by atoms with Gasteiger partial charge < -0.3 is 4.74 Å². The van der Waals surface area contributed by atoms with Gasteiger partial charge in [-0.15, -0.1) is 0 Å². The lowest BCUT2D eigenvalue weighted by Gasteiger charge is -2.04. The topological polar surface area (TPSA) is 9.23 Å². The molecule has 1 aliphatic carbocycles. The van der Waals surface area contributed by atoms with Gasteiger partial charge in [-0.2, -0.15) is 0 Å². The average Bonchev–Trinajstić information content (AvgIpc) is 2.20. The smallest absolute Gasteiger partial charge is 0.121 e. The Morgan fingerprint density at radius 2 is 2.00 bits per heavy atom. The maximum absolute atomic E-state index is 5.46. The van der Waals surface area contributed by atoms with Gasteiger partial charge >= 0.3 is 0 Å². The van der Waals surface area contributed by atoms with Crippen LogP contribution in [0.25, 0.3) is 0 Å². The van der Waals surface area contributed by atoms with Gasteiger partial charge in [-0.1, -0.05) is 25.2 Å². The zero-order valence-corrected chi connectivity index (χ0v) is 8.00. The first-order valence-corrected chi connectivity index (χ1v) is 4.44. The van der Waals surface area contributed by atoms with Crippen molar-refractivity contribution in [2.45, 2.75) is 20.8 Å². The third-order valence-corrected chi connectivity index (χ3v) is 1.89. The molecule has 1 unspecified atom stereocenters. The Hall–Kier alpha value is -0.980. The van der Waals surface area contributed by atoms with Gasteiger partial charge in [-0.05, 0) is 31.4 Å². The maximum atomic E-state index is 5.46. The van der Waals surface area contributed by atoms with Crippen molar-refractivity contribution in [1.82, 2.24) is 0 Å². The van der Waals surface area contributed by atoms with Crippen molar-refractivity contribution in [3.8, 4) is 0 Å². The van der Waals surface area contributed by atoms with Crippen LogP contribution in [0.1, 0.15) is 20.8 Å². The molecular weight excluding hydrogens is 148 g/mol. The second-order valence-electron chi connectivity index (χ2n) is 3.06. The Labute approximate surface area is 74.4 Å². The molecule has 1 heteroatoms. The van der Waals surface area contributed by atoms with Gasteiger partial charge in [-0.25, -0.2) is 0 Å². The Bertz CT molecular complexity index is 233. The highest BCUT2D eigenvalue weighted by molar-refractivity contribution is 5.31. The minimum absolute atomic E-state index is 0.512. The van der Waals surface area contributed by atoms with Crippen LogP contribution in [0, 0.1) is 5.92 Å². The Kier molecular flexibility index (Phi) is 3.15. The Balaban J connectivity index is 2.81. The highest BCUT2D eigenvalue weighted by Gasteiger charge is 2.01. The van der Waals surface area contributed by atoms with E-state index in [0.29, 0.717) is 5.92 Å². The summed E-state index contributed by atoms with van der Waals surface area (Å²) in [6.45, 7) is 6.98. The van der Waals surface area contributed by atoms with Gasteiger partial charge in [0.05, 0.1) is 6.61 Å². The Morgan fingerprint density at radius 1 is 1.33 bits per heavy atom. The molecule has 0 aromatic heterocycles. The average molecular weight is 164 g/mol. The molecule has 1 rings (SSSR count). The maximum Gasteiger partial charge on any atom is 0.121 e. The summed E-state index contributed by atoms with van der Waals surface area (Å²) in [7, 11) is 0. The molecule has 0 fully saturated rings. The minimum atomic E-state index is 0.512. The van der Waals surface area contributed by atoms with Crippen LogP contribution in [0.3, 0.4) is 0 Å². The molecule has 0 radical (unpaired) electrons. The van der Waals surface area contributed by atoms with E-state index < -0.39 is 0 Å². The highest BCUT2D eigenvalue weighted by atomic mass is 16.5. The van der Waals surface area contributed by atoms with Crippen molar-refractivity contribution in [2.75, 3.05) is 6.61 Å². The Morgan fingerprint density at radius 3 is 2.67 bits per heavy atom. The molecular formula is C11H16O. The lowest BCUT2D eigenvalue weighted by Crippen LogP contribution is -1.90. The molecule has 0 spiro atoms. The second kappa shape index (κ2) is 4.15. The normalized spacial score (nSPS) is 22.8. The first-order valence-electron chi connectivity index (χ1n) is 4.44. The predicted molar refractivity (Wildman–Crippen MR) is 51.8 cm³/mol. The van der Waals surface area contributed by atoms with E-state index in [4.69, 9.17) is 4.74 Å². The van der Waals surface area contributed by atoms with Crippen LogP contribution in [-0.2, 0) is 4.74 Å². The molecule has 0 amide bonds. The van der Waals surface area contributed by atoms with E-state index in [-0.39, 0.29) is 0 Å². The van der Waals surface area contributed by atoms with Gasteiger partial charge in [0.1, 0.15) is 5.76 Å². The van der Waals surface area contributed by atoms with Crippen molar-refractivity contribution < 1.29 is 4.74 Å². The fourth-order valence-corrected chi connectivity index (χ4v) is 1.13. The van der Waals surface area contributed by atoms with Crippen LogP contribution in [-0.4, -0.2) is 6.61 Å². The fourth-order valence-electron chi connectivity index (χ4n) is 1.13. The molecule has 0 heterocycles. The lowest BCUT2D eigenvalue weighted by atomic mass is 10.1. The summed E-state index contributed by atoms with van der Waals surface area (Å²) in [6.07, 6.45) is 8.51. The van der Waals surface area contributed by atoms with E-state index in [1.165, 1.54) is 5.57 Å². The molecule has 0 aliphatic heterocycles. The van der Waals surface area contributed by atoms with Gasteiger partial charge in [0, 0.05) is 0 Å². The van der Waals surface area contributed by atoms with Crippen molar-refractivity contribution >= 4 is 0 Å². The second-order valence-corrected chi connectivity index (χ2v) is 3.06. The standard InChI is InChI=1S/C11H16O/c1-4-12-11-8-6-9(2)5-7-10(11)3/h5-9H,4H2,1-3H3. The summed E-state index contributed by atoms with van der Waals surface area (Å²) >= 11 is 0. The quantitative estimate of drug-likeness (QED) is 0.609. The van der Waals surface area contributed by atoms with Crippen molar-refractivity contribution in [2.24, 2.45) is 5.92 Å². The molecule has 66 valence electrons. The molecule has 1 atom stereocenters. The van der Waals surface area contributed by atoms with Gasteiger partial charge in [-0.3, -0.25) is 0 Å². The first-order chi connectivity index (χ1) is 5.74. The number of ether oxygens (including phenoxy) is 1. The van der Waals surface area contributed by atoms with Crippen LogP contribution < -0.4 is 0 Å². The van der Waals surface area contributed by atoms with E-state index in [0.717, 1.165) is 12.4 Å². The van der Waals surface area contributed by atoms with Gasteiger partial charge in [0.15, 0.2) is 0 Å². The van der Waals surface area contributed by atoms with Crippen LogP contribution in [0.4, 0.5) is 0 Å². The molecule has 0 aromatic carbocycles. The van der Waals surface area contributed by atoms with Crippen molar-refractivity contribution in [1.29, 1.82) is 0 Å². The fraction of sp³-hybridized carbons (Fsp3) is 0.455. The molecule has 1 nitrogen and oxygen atoms in total. The zero-order chi connectivity index (χ0) is 8.97. The summed E-state index contributed by atoms with van der Waals surface area (Å²) in [5, 5.41) is 0. The third-order valence-electron chi connectivity index (χ3n) is 1.89. The van der Waals surface area contributed by atoms with E-state index in [1.54, 1.807) is 0 Å². The highest BCUT2D eigenvalue weighted by Crippen LogP contribution is 2.16. The summed E-state index contributed by atoms with van der Waals surface area (Å²) in [6, 6.07) is 0. The predicted octanol–water partition coefficient (Wildman–Crippen LogP) is 3.06. The number of hydrogen-bond donors (Lipinski definition) is 0. The van der Waals surface area contributed by atoms with Crippen molar-refractivity contribution in [3.63, 3.8) is 0 Å². The van der Waals surface area contributed by atoms with Crippen LogP contribution in [0.15, 0.2) is 35.6 Å². The van der Waals surface area contributed by atoms with Crippen LogP contribution in [0.2, 0.25) is 0 Å². The van der Waals surface area contributed by atoms with E-state index in [9.17, 15) is 0 Å². The molecule has 1 aliphatic rings. The summed E-state index contributed by atoms with van der Waals surface area (Å²) in [4.78, 5) is 0. The summed E-state index contributed by atoms with van der Waals surface area (Å²) in [5.41, 5.74) is 1.21. The molecule has 0 saturated heterocycles. The third kappa shape index (κ3) is 2.26. The van der Waals surface area contributed by atoms with Gasteiger partial charge in [0.2, 0.25) is 0 Å². The lowest BCUT2D eigenvalue weighted by molar-refractivity contribution is 0.240. The van der Waals surface area contributed by atoms with Crippen molar-refractivity contribution in [3.05, 3.63) is 35.6 Å². The molecule has 0 aromatic rings. The zero-order valence-electron chi connectivity index (χ0n) is 8.00. The van der Waals surface area contributed by atoms with E-state index >= 15 is 0 Å². The summed E-state index contributed by atoms with van der Waals surface area (Å²) in [5.74, 6) is 1.51. The SMILES string of the molecule is CCOC1=C(C)C=CC(C)C=C1. The van der Waals surface area contributed by atoms with Crippen LogP contribution >= 0.6 is 0 Å². The molecule has 0 N–H and O–H groups in total. The number of rotatable bonds is 2. The van der Waals surface area contributed by atoms with Gasteiger partial charge in [0.25, 0.3) is 0 Å². The van der Waals surface area contributed by atoms with Crippen LogP contribution in [0.5, 0.6) is 0 Å². The van der Waals surface area contributed by atoms with E-state index in [2.05, 4.69) is 38.2 Å². The largest absolute Gasteiger partial charge is 0.494 e.